The van der Waals surface area contributed by atoms with Crippen LogP contribution in [0.2, 0.25) is 0 Å². The van der Waals surface area contributed by atoms with E-state index in [0.29, 0.717) is 6.42 Å². The first-order valence-corrected chi connectivity index (χ1v) is 5.77. The van der Waals surface area contributed by atoms with Gasteiger partial charge in [0.15, 0.2) is 0 Å². The zero-order valence-electron chi connectivity index (χ0n) is 10.4. The minimum atomic E-state index is -0.911. The van der Waals surface area contributed by atoms with Crippen molar-refractivity contribution in [3.63, 3.8) is 0 Å². The van der Waals surface area contributed by atoms with E-state index in [0.717, 1.165) is 6.42 Å². The van der Waals surface area contributed by atoms with Gasteiger partial charge in [-0.3, -0.25) is 9.59 Å². The van der Waals surface area contributed by atoms with E-state index in [1.54, 1.807) is 0 Å². The summed E-state index contributed by atoms with van der Waals surface area (Å²) in [6, 6.07) is -0.319. The third-order valence-electron chi connectivity index (χ3n) is 2.43. The van der Waals surface area contributed by atoms with E-state index in [1.165, 1.54) is 7.11 Å². The van der Waals surface area contributed by atoms with Crippen LogP contribution in [0.4, 0.5) is 0 Å². The topological polar surface area (TPSA) is 102 Å². The van der Waals surface area contributed by atoms with E-state index in [1.807, 2.05) is 6.92 Å². The molecule has 0 aromatic rings. The van der Waals surface area contributed by atoms with Gasteiger partial charge < -0.3 is 20.9 Å². The number of hydrogen-bond donors (Lipinski definition) is 3. The molecule has 4 N–H and O–H groups in total. The van der Waals surface area contributed by atoms with Gasteiger partial charge >= 0.3 is 5.97 Å². The van der Waals surface area contributed by atoms with Crippen molar-refractivity contribution < 1.29 is 19.4 Å². The monoisotopic (exact) mass is 246 g/mol. The smallest absolute Gasteiger partial charge is 0.305 e. The first-order valence-electron chi connectivity index (χ1n) is 5.77. The number of aliphatic carboxylic acids is 1. The first kappa shape index (κ1) is 15.9. The van der Waals surface area contributed by atoms with Crippen molar-refractivity contribution in [2.75, 3.05) is 13.7 Å². The molecule has 17 heavy (non-hydrogen) atoms. The molecule has 0 aliphatic carbocycles. The summed E-state index contributed by atoms with van der Waals surface area (Å²) in [5.74, 6) is -1.13. The molecule has 0 heterocycles. The standard InChI is InChI=1S/C11H22N2O4/c1-3-4-8(5-11(15)16)13-10(14)6-9(7-12)17-2/h8-9H,3-7,12H2,1-2H3,(H,13,14)(H,15,16). The molecule has 6 heteroatoms. The number of carbonyl (C=O) groups excluding carboxylic acids is 1. The third kappa shape index (κ3) is 7.70. The average Bonchev–Trinajstić information content (AvgIpc) is 2.25. The lowest BCUT2D eigenvalue weighted by Gasteiger charge is -2.18. The van der Waals surface area contributed by atoms with Crippen LogP contribution >= 0.6 is 0 Å². The number of rotatable bonds is 9. The number of methoxy groups -OCH3 is 1. The van der Waals surface area contributed by atoms with E-state index in [4.69, 9.17) is 15.6 Å². The van der Waals surface area contributed by atoms with Crippen molar-refractivity contribution in [1.82, 2.24) is 5.32 Å². The van der Waals surface area contributed by atoms with Gasteiger partial charge in [0.2, 0.25) is 5.91 Å². The first-order chi connectivity index (χ1) is 8.03. The van der Waals surface area contributed by atoms with Gasteiger partial charge in [-0.1, -0.05) is 13.3 Å². The Morgan fingerprint density at radius 3 is 2.47 bits per heavy atom. The normalized spacial score (nSPS) is 14.1. The summed E-state index contributed by atoms with van der Waals surface area (Å²) < 4.78 is 4.99. The van der Waals surface area contributed by atoms with Gasteiger partial charge in [-0.2, -0.15) is 0 Å². The second kappa shape index (κ2) is 8.95. The Bertz CT molecular complexity index is 242. The van der Waals surface area contributed by atoms with E-state index in [2.05, 4.69) is 5.32 Å². The number of carboxylic acids is 1. The molecular weight excluding hydrogens is 224 g/mol. The fourth-order valence-electron chi connectivity index (χ4n) is 1.54. The molecule has 100 valence electrons. The van der Waals surface area contributed by atoms with Crippen LogP contribution in [0.25, 0.3) is 0 Å². The molecule has 0 saturated heterocycles. The van der Waals surface area contributed by atoms with Crippen LogP contribution in [0, 0.1) is 0 Å². The molecule has 0 aromatic heterocycles. The molecule has 0 saturated carbocycles. The number of carbonyl (C=O) groups is 2. The van der Waals surface area contributed by atoms with Gasteiger partial charge in [-0.05, 0) is 6.42 Å². The van der Waals surface area contributed by atoms with Crippen LogP contribution in [-0.2, 0) is 14.3 Å². The summed E-state index contributed by atoms with van der Waals surface area (Å²) in [7, 11) is 1.49. The van der Waals surface area contributed by atoms with E-state index >= 15 is 0 Å². The van der Waals surface area contributed by atoms with Gasteiger partial charge in [0, 0.05) is 19.7 Å². The molecule has 0 bridgehead atoms. The van der Waals surface area contributed by atoms with Crippen molar-refractivity contribution in [3.05, 3.63) is 0 Å². The van der Waals surface area contributed by atoms with Crippen LogP contribution < -0.4 is 11.1 Å². The Hall–Kier alpha value is -1.14. The van der Waals surface area contributed by atoms with Crippen molar-refractivity contribution in [1.29, 1.82) is 0 Å². The number of ether oxygens (including phenoxy) is 1. The zero-order valence-corrected chi connectivity index (χ0v) is 10.4. The van der Waals surface area contributed by atoms with Gasteiger partial charge in [0.05, 0.1) is 18.9 Å². The molecule has 0 rings (SSSR count). The van der Waals surface area contributed by atoms with Crippen LogP contribution in [0.1, 0.15) is 32.6 Å². The predicted octanol–water partition coefficient (Wildman–Crippen LogP) is 0.110. The molecule has 2 atom stereocenters. The van der Waals surface area contributed by atoms with Gasteiger partial charge in [0.25, 0.3) is 0 Å². The predicted molar refractivity (Wildman–Crippen MR) is 63.6 cm³/mol. The Balaban J connectivity index is 4.14. The Morgan fingerprint density at radius 2 is 2.06 bits per heavy atom. The number of nitrogens with one attached hydrogen (secondary N) is 1. The Labute approximate surface area is 102 Å². The van der Waals surface area contributed by atoms with Crippen molar-refractivity contribution in [2.45, 2.75) is 44.8 Å². The largest absolute Gasteiger partial charge is 0.481 e. The van der Waals surface area contributed by atoms with Crippen LogP contribution in [0.5, 0.6) is 0 Å². The number of hydrogen-bond acceptors (Lipinski definition) is 4. The van der Waals surface area contributed by atoms with E-state index in [9.17, 15) is 9.59 Å². The number of nitrogens with two attached hydrogens (primary N) is 1. The molecule has 2 unspecified atom stereocenters. The minimum absolute atomic E-state index is 0.0557. The molecule has 0 aliphatic rings. The van der Waals surface area contributed by atoms with E-state index in [-0.39, 0.29) is 37.4 Å². The number of amides is 1. The molecule has 0 aromatic carbocycles. The molecular formula is C11H22N2O4. The fourth-order valence-corrected chi connectivity index (χ4v) is 1.54. The maximum atomic E-state index is 11.6. The highest BCUT2D eigenvalue weighted by molar-refractivity contribution is 5.77. The van der Waals surface area contributed by atoms with Crippen LogP contribution in [0.15, 0.2) is 0 Å². The zero-order chi connectivity index (χ0) is 13.3. The quantitative estimate of drug-likeness (QED) is 0.536. The highest BCUT2D eigenvalue weighted by Gasteiger charge is 2.17. The highest BCUT2D eigenvalue weighted by Crippen LogP contribution is 2.03. The Kier molecular flexibility index (Phi) is 8.35. The summed E-state index contributed by atoms with van der Waals surface area (Å²) >= 11 is 0. The van der Waals surface area contributed by atoms with Crippen molar-refractivity contribution in [2.24, 2.45) is 5.73 Å². The second-order valence-corrected chi connectivity index (χ2v) is 3.95. The molecule has 0 fully saturated rings. The third-order valence-corrected chi connectivity index (χ3v) is 2.43. The van der Waals surface area contributed by atoms with Gasteiger partial charge in [0.1, 0.15) is 0 Å². The SMILES string of the molecule is CCCC(CC(=O)O)NC(=O)CC(CN)OC. The maximum absolute atomic E-state index is 11.6. The summed E-state index contributed by atoms with van der Waals surface area (Å²) in [4.78, 5) is 22.2. The van der Waals surface area contributed by atoms with Gasteiger partial charge in [-0.15, -0.1) is 0 Å². The van der Waals surface area contributed by atoms with E-state index < -0.39 is 5.97 Å². The lowest BCUT2D eigenvalue weighted by molar-refractivity contribution is -0.137. The molecule has 6 nitrogen and oxygen atoms in total. The summed E-state index contributed by atoms with van der Waals surface area (Å²) in [5, 5.41) is 11.4. The second-order valence-electron chi connectivity index (χ2n) is 3.95. The lowest BCUT2D eigenvalue weighted by atomic mass is 10.1. The Morgan fingerprint density at radius 1 is 1.41 bits per heavy atom. The van der Waals surface area contributed by atoms with Gasteiger partial charge in [-0.25, -0.2) is 0 Å². The fraction of sp³-hybridized carbons (Fsp3) is 0.818. The molecule has 0 aliphatic heterocycles. The summed E-state index contributed by atoms with van der Waals surface area (Å²) in [5.41, 5.74) is 5.40. The maximum Gasteiger partial charge on any atom is 0.305 e. The highest BCUT2D eigenvalue weighted by atomic mass is 16.5. The van der Waals surface area contributed by atoms with Crippen molar-refractivity contribution >= 4 is 11.9 Å². The molecule has 1 amide bonds. The van der Waals surface area contributed by atoms with Crippen molar-refractivity contribution in [3.8, 4) is 0 Å². The lowest BCUT2D eigenvalue weighted by Crippen LogP contribution is -2.39. The number of carboxylic acid groups (broad SMARTS) is 1. The molecule has 0 radical (unpaired) electrons. The average molecular weight is 246 g/mol. The minimum Gasteiger partial charge on any atom is -0.481 e. The molecule has 0 spiro atoms. The van der Waals surface area contributed by atoms with Crippen LogP contribution in [0.3, 0.4) is 0 Å². The van der Waals surface area contributed by atoms with Crippen LogP contribution in [-0.4, -0.2) is 42.8 Å². The summed E-state index contributed by atoms with van der Waals surface area (Å²) in [6.07, 6.45) is 1.26. The summed E-state index contributed by atoms with van der Waals surface area (Å²) in [6.45, 7) is 2.21.